The standard InChI is InChI=1S/C25H32Cl2N2O3/c1-5-22(24(31)28-25(2,3)4)29(17-18-8-10-19(26)11-9-18)23(30)7-6-16-32-21-14-12-20(27)13-15-21/h8-15,22H,5-7,16-17H2,1-4H3,(H,28,31)/t22-/m0/s1. The minimum absolute atomic E-state index is 0.0874. The summed E-state index contributed by atoms with van der Waals surface area (Å²) in [5.74, 6) is 0.464. The SMILES string of the molecule is CC[C@@H](C(=O)NC(C)(C)C)N(Cc1ccc(Cl)cc1)C(=O)CCCOc1ccc(Cl)cc1. The molecule has 0 unspecified atom stereocenters. The molecule has 2 amide bonds. The fraction of sp³-hybridized carbons (Fsp3) is 0.440. The third kappa shape index (κ3) is 8.71. The second-order valence-electron chi connectivity index (χ2n) is 8.72. The first kappa shape index (κ1) is 26.0. The predicted molar refractivity (Wildman–Crippen MR) is 130 cm³/mol. The van der Waals surface area contributed by atoms with E-state index in [-0.39, 0.29) is 23.8 Å². The number of hydrogen-bond acceptors (Lipinski definition) is 3. The molecule has 0 spiro atoms. The highest BCUT2D eigenvalue weighted by Gasteiger charge is 2.30. The van der Waals surface area contributed by atoms with Crippen LogP contribution in [0.1, 0.15) is 52.5 Å². The Morgan fingerprint density at radius 1 is 1.00 bits per heavy atom. The Bertz CT molecular complexity index is 878. The number of carbonyl (C=O) groups excluding carboxylic acids is 2. The quantitative estimate of drug-likeness (QED) is 0.434. The highest BCUT2D eigenvalue weighted by atomic mass is 35.5. The molecule has 0 saturated heterocycles. The Labute approximate surface area is 201 Å². The molecule has 1 atom stereocenters. The zero-order valence-corrected chi connectivity index (χ0v) is 20.7. The molecule has 0 saturated carbocycles. The number of carbonyl (C=O) groups is 2. The molecule has 0 aliphatic carbocycles. The highest BCUT2D eigenvalue weighted by Crippen LogP contribution is 2.18. The Kier molecular flexibility index (Phi) is 9.85. The third-order valence-corrected chi connectivity index (χ3v) is 5.27. The maximum absolute atomic E-state index is 13.2. The molecule has 5 nitrogen and oxygen atoms in total. The average Bonchev–Trinajstić information content (AvgIpc) is 2.72. The zero-order valence-electron chi connectivity index (χ0n) is 19.2. The lowest BCUT2D eigenvalue weighted by Gasteiger charge is -2.33. The van der Waals surface area contributed by atoms with Crippen LogP contribution in [0.4, 0.5) is 0 Å². The van der Waals surface area contributed by atoms with Gasteiger partial charge in [0, 0.05) is 28.5 Å². The van der Waals surface area contributed by atoms with Crippen molar-refractivity contribution in [2.75, 3.05) is 6.61 Å². The van der Waals surface area contributed by atoms with E-state index in [4.69, 9.17) is 27.9 Å². The van der Waals surface area contributed by atoms with Gasteiger partial charge in [0.05, 0.1) is 6.61 Å². The van der Waals surface area contributed by atoms with Crippen LogP contribution in [0.5, 0.6) is 5.75 Å². The van der Waals surface area contributed by atoms with Crippen LogP contribution in [-0.2, 0) is 16.1 Å². The number of hydrogen-bond donors (Lipinski definition) is 1. The summed E-state index contributed by atoms with van der Waals surface area (Å²) in [6.45, 7) is 8.43. The van der Waals surface area contributed by atoms with Crippen molar-refractivity contribution in [3.63, 3.8) is 0 Å². The number of nitrogens with one attached hydrogen (secondary N) is 1. The predicted octanol–water partition coefficient (Wildman–Crippen LogP) is 5.87. The van der Waals surface area contributed by atoms with Gasteiger partial charge in [-0.2, -0.15) is 0 Å². The third-order valence-electron chi connectivity index (χ3n) is 4.77. The number of rotatable bonds is 10. The normalized spacial score (nSPS) is 12.2. The molecule has 7 heteroatoms. The van der Waals surface area contributed by atoms with Crippen molar-refractivity contribution in [3.8, 4) is 5.75 Å². The van der Waals surface area contributed by atoms with Gasteiger partial charge in [0.25, 0.3) is 0 Å². The molecule has 0 fully saturated rings. The molecular formula is C25H32Cl2N2O3. The molecule has 0 aromatic heterocycles. The summed E-state index contributed by atoms with van der Waals surface area (Å²) >= 11 is 11.9. The van der Waals surface area contributed by atoms with Crippen LogP contribution in [0, 0.1) is 0 Å². The van der Waals surface area contributed by atoms with Crippen LogP contribution >= 0.6 is 23.2 Å². The second-order valence-corrected chi connectivity index (χ2v) is 9.59. The van der Waals surface area contributed by atoms with Crippen LogP contribution < -0.4 is 10.1 Å². The van der Waals surface area contributed by atoms with E-state index >= 15 is 0 Å². The molecule has 2 rings (SSSR count). The summed E-state index contributed by atoms with van der Waals surface area (Å²) in [6, 6.07) is 13.9. The first-order valence-corrected chi connectivity index (χ1v) is 11.6. The smallest absolute Gasteiger partial charge is 0.243 e. The largest absolute Gasteiger partial charge is 0.494 e. The zero-order chi connectivity index (χ0) is 23.7. The lowest BCUT2D eigenvalue weighted by atomic mass is 10.0. The molecule has 0 heterocycles. The highest BCUT2D eigenvalue weighted by molar-refractivity contribution is 6.30. The fourth-order valence-corrected chi connectivity index (χ4v) is 3.50. The van der Waals surface area contributed by atoms with Gasteiger partial charge in [0.15, 0.2) is 0 Å². The summed E-state index contributed by atoms with van der Waals surface area (Å²) in [5.41, 5.74) is 0.536. The molecule has 0 aliphatic rings. The molecule has 1 N–H and O–H groups in total. The van der Waals surface area contributed by atoms with Gasteiger partial charge < -0.3 is 15.0 Å². The number of halogens is 2. The van der Waals surface area contributed by atoms with E-state index in [1.165, 1.54) is 0 Å². The van der Waals surface area contributed by atoms with Crippen LogP contribution in [0.15, 0.2) is 48.5 Å². The van der Waals surface area contributed by atoms with E-state index in [1.807, 2.05) is 39.8 Å². The summed E-state index contributed by atoms with van der Waals surface area (Å²) < 4.78 is 5.70. The molecule has 32 heavy (non-hydrogen) atoms. The minimum Gasteiger partial charge on any atom is -0.494 e. The van der Waals surface area contributed by atoms with Crippen molar-refractivity contribution in [1.29, 1.82) is 0 Å². The van der Waals surface area contributed by atoms with E-state index in [1.54, 1.807) is 41.3 Å². The first-order valence-electron chi connectivity index (χ1n) is 10.8. The van der Waals surface area contributed by atoms with Gasteiger partial charge in [0.1, 0.15) is 11.8 Å². The van der Waals surface area contributed by atoms with E-state index in [9.17, 15) is 9.59 Å². The van der Waals surface area contributed by atoms with Gasteiger partial charge in [-0.1, -0.05) is 42.3 Å². The van der Waals surface area contributed by atoms with E-state index in [2.05, 4.69) is 5.32 Å². The Morgan fingerprint density at radius 3 is 2.09 bits per heavy atom. The molecule has 0 aliphatic heterocycles. The molecule has 0 radical (unpaired) electrons. The van der Waals surface area contributed by atoms with E-state index in [0.717, 1.165) is 5.56 Å². The van der Waals surface area contributed by atoms with Crippen LogP contribution in [0.2, 0.25) is 10.0 Å². The number of benzene rings is 2. The van der Waals surface area contributed by atoms with Crippen molar-refractivity contribution in [2.45, 2.75) is 65.1 Å². The summed E-state index contributed by atoms with van der Waals surface area (Å²) in [4.78, 5) is 27.8. The topological polar surface area (TPSA) is 58.6 Å². The maximum Gasteiger partial charge on any atom is 0.243 e. The monoisotopic (exact) mass is 478 g/mol. The Morgan fingerprint density at radius 2 is 1.56 bits per heavy atom. The van der Waals surface area contributed by atoms with Crippen molar-refractivity contribution >= 4 is 35.0 Å². The summed E-state index contributed by atoms with van der Waals surface area (Å²) in [7, 11) is 0. The molecule has 0 bridgehead atoms. The lowest BCUT2D eigenvalue weighted by Crippen LogP contribution is -2.53. The number of amides is 2. The van der Waals surface area contributed by atoms with Crippen molar-refractivity contribution in [1.82, 2.24) is 10.2 Å². The van der Waals surface area contributed by atoms with Gasteiger partial charge in [-0.05, 0) is 75.6 Å². The van der Waals surface area contributed by atoms with Crippen LogP contribution in [-0.4, -0.2) is 34.9 Å². The second kappa shape index (κ2) is 12.1. The number of nitrogens with zero attached hydrogens (tertiary/aromatic N) is 1. The Hall–Kier alpha value is -2.24. The minimum atomic E-state index is -0.561. The molecule has 174 valence electrons. The molecular weight excluding hydrogens is 447 g/mol. The maximum atomic E-state index is 13.2. The van der Waals surface area contributed by atoms with Gasteiger partial charge >= 0.3 is 0 Å². The van der Waals surface area contributed by atoms with Crippen molar-refractivity contribution in [2.24, 2.45) is 0 Å². The van der Waals surface area contributed by atoms with Gasteiger partial charge in [-0.15, -0.1) is 0 Å². The molecule has 2 aromatic rings. The van der Waals surface area contributed by atoms with Crippen LogP contribution in [0.3, 0.4) is 0 Å². The summed E-state index contributed by atoms with van der Waals surface area (Å²) in [5, 5.41) is 4.28. The average molecular weight is 479 g/mol. The number of ether oxygens (including phenoxy) is 1. The van der Waals surface area contributed by atoms with E-state index in [0.29, 0.717) is 41.8 Å². The fourth-order valence-electron chi connectivity index (χ4n) is 3.25. The lowest BCUT2D eigenvalue weighted by molar-refractivity contribution is -0.142. The van der Waals surface area contributed by atoms with Crippen LogP contribution in [0.25, 0.3) is 0 Å². The van der Waals surface area contributed by atoms with E-state index < -0.39 is 6.04 Å². The van der Waals surface area contributed by atoms with Crippen molar-refractivity contribution < 1.29 is 14.3 Å². The van der Waals surface area contributed by atoms with Gasteiger partial charge in [0.2, 0.25) is 11.8 Å². The first-order chi connectivity index (χ1) is 15.1. The van der Waals surface area contributed by atoms with Gasteiger partial charge in [-0.3, -0.25) is 9.59 Å². The summed E-state index contributed by atoms with van der Waals surface area (Å²) in [6.07, 6.45) is 1.33. The Balaban J connectivity index is 2.07. The van der Waals surface area contributed by atoms with Crippen molar-refractivity contribution in [3.05, 3.63) is 64.1 Å². The van der Waals surface area contributed by atoms with Gasteiger partial charge in [-0.25, -0.2) is 0 Å². The molecule has 2 aromatic carbocycles.